The zero-order valence-corrected chi connectivity index (χ0v) is 10.1. The first-order valence-corrected chi connectivity index (χ1v) is 6.38. The highest BCUT2D eigenvalue weighted by atomic mass is 16.2. The predicted octanol–water partition coefficient (Wildman–Crippen LogP) is 3.10. The van der Waals surface area contributed by atoms with E-state index in [1.165, 1.54) is 12.8 Å². The fourth-order valence-corrected chi connectivity index (χ4v) is 2.13. The molecule has 2 heteroatoms. The average molecular weight is 229 g/mol. The summed E-state index contributed by atoms with van der Waals surface area (Å²) >= 11 is 0. The molecule has 0 aromatic heterocycles. The van der Waals surface area contributed by atoms with Gasteiger partial charge in [-0.05, 0) is 24.5 Å². The van der Waals surface area contributed by atoms with Crippen molar-refractivity contribution in [3.8, 4) is 0 Å². The van der Waals surface area contributed by atoms with Crippen LogP contribution in [0.25, 0.3) is 6.08 Å². The monoisotopic (exact) mass is 229 g/mol. The van der Waals surface area contributed by atoms with Gasteiger partial charge in [0.1, 0.15) is 0 Å². The van der Waals surface area contributed by atoms with E-state index in [0.29, 0.717) is 0 Å². The van der Waals surface area contributed by atoms with E-state index >= 15 is 0 Å². The molecule has 0 saturated carbocycles. The van der Waals surface area contributed by atoms with Crippen molar-refractivity contribution in [1.82, 2.24) is 4.90 Å². The van der Waals surface area contributed by atoms with Gasteiger partial charge in [-0.1, -0.05) is 43.2 Å². The Hall–Kier alpha value is -1.57. The SMILES string of the molecule is O=C(C=Cc1ccccc1)N1CCCCCC1. The third-order valence-electron chi connectivity index (χ3n) is 3.14. The van der Waals surface area contributed by atoms with Crippen LogP contribution in [0.15, 0.2) is 36.4 Å². The first-order valence-electron chi connectivity index (χ1n) is 6.38. The van der Waals surface area contributed by atoms with Gasteiger partial charge in [-0.15, -0.1) is 0 Å². The van der Waals surface area contributed by atoms with Crippen LogP contribution in [0.2, 0.25) is 0 Å². The third-order valence-corrected chi connectivity index (χ3v) is 3.14. The molecule has 1 heterocycles. The maximum absolute atomic E-state index is 12.0. The molecule has 1 saturated heterocycles. The maximum atomic E-state index is 12.0. The van der Waals surface area contributed by atoms with Crippen molar-refractivity contribution in [3.63, 3.8) is 0 Å². The number of nitrogens with zero attached hydrogens (tertiary/aromatic N) is 1. The standard InChI is InChI=1S/C15H19NO/c17-15(16-12-6-1-2-7-13-16)11-10-14-8-4-3-5-9-14/h3-5,8-11H,1-2,6-7,12-13H2. The van der Waals surface area contributed by atoms with Gasteiger partial charge in [0.05, 0.1) is 0 Å². The molecule has 17 heavy (non-hydrogen) atoms. The number of benzene rings is 1. The lowest BCUT2D eigenvalue weighted by atomic mass is 10.2. The molecular formula is C15H19NO. The topological polar surface area (TPSA) is 20.3 Å². The van der Waals surface area contributed by atoms with Crippen molar-refractivity contribution in [1.29, 1.82) is 0 Å². The summed E-state index contributed by atoms with van der Waals surface area (Å²) in [6.07, 6.45) is 8.39. The third kappa shape index (κ3) is 3.74. The smallest absolute Gasteiger partial charge is 0.246 e. The van der Waals surface area contributed by atoms with Gasteiger partial charge in [-0.3, -0.25) is 4.79 Å². The van der Waals surface area contributed by atoms with Crippen molar-refractivity contribution in [3.05, 3.63) is 42.0 Å². The van der Waals surface area contributed by atoms with Gasteiger partial charge in [-0.2, -0.15) is 0 Å². The molecule has 0 aliphatic carbocycles. The minimum atomic E-state index is 0.149. The molecular weight excluding hydrogens is 210 g/mol. The van der Waals surface area contributed by atoms with Crippen LogP contribution in [-0.2, 0) is 4.79 Å². The molecule has 1 fully saturated rings. The summed E-state index contributed by atoms with van der Waals surface area (Å²) in [7, 11) is 0. The number of likely N-dealkylation sites (tertiary alicyclic amines) is 1. The highest BCUT2D eigenvalue weighted by Crippen LogP contribution is 2.10. The molecule has 90 valence electrons. The van der Waals surface area contributed by atoms with E-state index < -0.39 is 0 Å². The van der Waals surface area contributed by atoms with E-state index in [9.17, 15) is 4.79 Å². The van der Waals surface area contributed by atoms with Crippen molar-refractivity contribution in [2.75, 3.05) is 13.1 Å². The molecule has 1 aromatic rings. The first kappa shape index (κ1) is 11.9. The summed E-state index contributed by atoms with van der Waals surface area (Å²) in [6.45, 7) is 1.83. The van der Waals surface area contributed by atoms with Crippen LogP contribution in [0.1, 0.15) is 31.2 Å². The van der Waals surface area contributed by atoms with Crippen molar-refractivity contribution < 1.29 is 4.79 Å². The molecule has 1 amide bonds. The number of rotatable bonds is 2. The lowest BCUT2D eigenvalue weighted by molar-refractivity contribution is -0.125. The van der Waals surface area contributed by atoms with Gasteiger partial charge < -0.3 is 4.90 Å². The molecule has 1 aliphatic rings. The zero-order valence-electron chi connectivity index (χ0n) is 10.1. The number of carbonyl (C=O) groups excluding carboxylic acids is 1. The molecule has 0 radical (unpaired) electrons. The molecule has 0 unspecified atom stereocenters. The van der Waals surface area contributed by atoms with Gasteiger partial charge in [0.2, 0.25) is 5.91 Å². The average Bonchev–Trinajstić information content (AvgIpc) is 2.66. The second kappa shape index (κ2) is 6.24. The molecule has 0 spiro atoms. The quantitative estimate of drug-likeness (QED) is 0.714. The second-order valence-corrected chi connectivity index (χ2v) is 4.48. The zero-order chi connectivity index (χ0) is 11.9. The Kier molecular flexibility index (Phi) is 4.37. The summed E-state index contributed by atoms with van der Waals surface area (Å²) < 4.78 is 0. The van der Waals surface area contributed by atoms with Crippen molar-refractivity contribution in [2.45, 2.75) is 25.7 Å². The van der Waals surface area contributed by atoms with Crippen molar-refractivity contribution in [2.24, 2.45) is 0 Å². The Labute approximate surface area is 103 Å². The second-order valence-electron chi connectivity index (χ2n) is 4.48. The molecule has 0 atom stereocenters. The van der Waals surface area contributed by atoms with Gasteiger partial charge in [0.15, 0.2) is 0 Å². The molecule has 1 aliphatic heterocycles. The Morgan fingerprint density at radius 3 is 2.29 bits per heavy atom. The van der Waals surface area contributed by atoms with E-state index in [4.69, 9.17) is 0 Å². The Balaban J connectivity index is 1.94. The van der Waals surface area contributed by atoms with Crippen LogP contribution in [0.3, 0.4) is 0 Å². The van der Waals surface area contributed by atoms with Crippen LogP contribution >= 0.6 is 0 Å². The first-order chi connectivity index (χ1) is 8.36. The Morgan fingerprint density at radius 2 is 1.65 bits per heavy atom. The van der Waals surface area contributed by atoms with E-state index in [1.807, 2.05) is 41.3 Å². The lowest BCUT2D eigenvalue weighted by Gasteiger charge is -2.17. The predicted molar refractivity (Wildman–Crippen MR) is 70.5 cm³/mol. The van der Waals surface area contributed by atoms with Crippen LogP contribution in [-0.4, -0.2) is 23.9 Å². The Bertz CT molecular complexity index is 375. The summed E-state index contributed by atoms with van der Waals surface area (Å²) in [6, 6.07) is 9.96. The molecule has 2 rings (SSSR count). The van der Waals surface area contributed by atoms with Gasteiger partial charge in [0, 0.05) is 19.2 Å². The van der Waals surface area contributed by atoms with E-state index in [2.05, 4.69) is 0 Å². The molecule has 2 nitrogen and oxygen atoms in total. The Morgan fingerprint density at radius 1 is 1.00 bits per heavy atom. The van der Waals surface area contributed by atoms with E-state index in [0.717, 1.165) is 31.5 Å². The molecule has 1 aromatic carbocycles. The van der Waals surface area contributed by atoms with Crippen LogP contribution in [0, 0.1) is 0 Å². The summed E-state index contributed by atoms with van der Waals surface area (Å²) in [4.78, 5) is 13.9. The van der Waals surface area contributed by atoms with Crippen LogP contribution in [0.5, 0.6) is 0 Å². The summed E-state index contributed by atoms with van der Waals surface area (Å²) in [5, 5.41) is 0. The highest BCUT2D eigenvalue weighted by Gasteiger charge is 2.12. The molecule has 0 N–H and O–H groups in total. The number of hydrogen-bond acceptors (Lipinski definition) is 1. The fourth-order valence-electron chi connectivity index (χ4n) is 2.13. The minimum Gasteiger partial charge on any atom is -0.339 e. The molecule has 0 bridgehead atoms. The van der Waals surface area contributed by atoms with Crippen molar-refractivity contribution >= 4 is 12.0 Å². The van der Waals surface area contributed by atoms with Crippen LogP contribution in [0.4, 0.5) is 0 Å². The van der Waals surface area contributed by atoms with E-state index in [-0.39, 0.29) is 5.91 Å². The minimum absolute atomic E-state index is 0.149. The largest absolute Gasteiger partial charge is 0.339 e. The summed E-state index contributed by atoms with van der Waals surface area (Å²) in [5.74, 6) is 0.149. The van der Waals surface area contributed by atoms with Gasteiger partial charge in [-0.25, -0.2) is 0 Å². The van der Waals surface area contributed by atoms with Gasteiger partial charge >= 0.3 is 0 Å². The maximum Gasteiger partial charge on any atom is 0.246 e. The lowest BCUT2D eigenvalue weighted by Crippen LogP contribution is -2.30. The highest BCUT2D eigenvalue weighted by molar-refractivity contribution is 5.91. The number of amides is 1. The number of carbonyl (C=O) groups is 1. The van der Waals surface area contributed by atoms with Gasteiger partial charge in [0.25, 0.3) is 0 Å². The van der Waals surface area contributed by atoms with Crippen LogP contribution < -0.4 is 0 Å². The fraction of sp³-hybridized carbons (Fsp3) is 0.400. The summed E-state index contributed by atoms with van der Waals surface area (Å²) in [5.41, 5.74) is 1.08. The van der Waals surface area contributed by atoms with E-state index in [1.54, 1.807) is 6.08 Å². The normalized spacial score (nSPS) is 17.1. The number of hydrogen-bond donors (Lipinski definition) is 0.